The minimum absolute atomic E-state index is 0.102. The second-order valence-corrected chi connectivity index (χ2v) is 2.65. The molecule has 0 aliphatic rings. The van der Waals surface area contributed by atoms with Gasteiger partial charge in [-0.25, -0.2) is 0 Å². The van der Waals surface area contributed by atoms with Crippen molar-refractivity contribution in [2.24, 2.45) is 0 Å². The van der Waals surface area contributed by atoms with E-state index in [1.807, 2.05) is 13.8 Å². The third kappa shape index (κ3) is 3.46. The Bertz CT molecular complexity index is 305. The predicted octanol–water partition coefficient (Wildman–Crippen LogP) is 4.05. The van der Waals surface area contributed by atoms with Crippen LogP contribution >= 0.6 is 0 Å². The Hall–Kier alpha value is -1.19. The number of benzene rings is 1. The lowest BCUT2D eigenvalue weighted by atomic mass is 10.1. The van der Waals surface area contributed by atoms with Crippen LogP contribution in [0.1, 0.15) is 25.0 Å². The van der Waals surface area contributed by atoms with Crippen molar-refractivity contribution < 1.29 is 17.9 Å². The van der Waals surface area contributed by atoms with E-state index in [1.165, 1.54) is 13.2 Å². The standard InChI is InChI=1S/C9H9F3O.C2H6/c1-6-4-3-5-7(8(6)13-2)9(10,11)12;1-2/h3-5H,1-2H3;1-2H3. The number of rotatable bonds is 1. The Morgan fingerprint density at radius 1 is 1.13 bits per heavy atom. The number of para-hydroxylation sites is 1. The number of alkyl halides is 3. The third-order valence-electron chi connectivity index (χ3n) is 1.72. The van der Waals surface area contributed by atoms with E-state index in [2.05, 4.69) is 4.74 Å². The van der Waals surface area contributed by atoms with Gasteiger partial charge >= 0.3 is 6.18 Å². The molecule has 1 aromatic carbocycles. The van der Waals surface area contributed by atoms with Crippen LogP contribution in [0.15, 0.2) is 18.2 Å². The Labute approximate surface area is 87.9 Å². The van der Waals surface area contributed by atoms with E-state index in [4.69, 9.17) is 0 Å². The number of hydrogen-bond acceptors (Lipinski definition) is 1. The fraction of sp³-hybridized carbons (Fsp3) is 0.455. The van der Waals surface area contributed by atoms with Gasteiger partial charge in [0.1, 0.15) is 5.75 Å². The molecule has 0 amide bonds. The summed E-state index contributed by atoms with van der Waals surface area (Å²) in [5, 5.41) is 0. The van der Waals surface area contributed by atoms with E-state index in [-0.39, 0.29) is 5.75 Å². The van der Waals surface area contributed by atoms with Crippen molar-refractivity contribution in [2.75, 3.05) is 7.11 Å². The molecule has 0 saturated heterocycles. The molecule has 0 fully saturated rings. The molecule has 0 aliphatic heterocycles. The lowest BCUT2D eigenvalue weighted by molar-refractivity contribution is -0.138. The highest BCUT2D eigenvalue weighted by atomic mass is 19.4. The molecule has 0 heterocycles. The molecule has 0 saturated carbocycles. The van der Waals surface area contributed by atoms with Crippen LogP contribution < -0.4 is 4.74 Å². The quantitative estimate of drug-likeness (QED) is 0.693. The van der Waals surface area contributed by atoms with Crippen LogP contribution in [0.2, 0.25) is 0 Å². The van der Waals surface area contributed by atoms with E-state index in [1.54, 1.807) is 13.0 Å². The number of methoxy groups -OCH3 is 1. The number of aryl methyl sites for hydroxylation is 1. The molecule has 0 aromatic heterocycles. The van der Waals surface area contributed by atoms with Gasteiger partial charge in [0.25, 0.3) is 0 Å². The molecule has 0 N–H and O–H groups in total. The first kappa shape index (κ1) is 13.8. The first-order chi connectivity index (χ1) is 6.96. The van der Waals surface area contributed by atoms with Gasteiger partial charge in [-0.15, -0.1) is 0 Å². The molecule has 86 valence electrons. The van der Waals surface area contributed by atoms with Crippen LogP contribution in [0, 0.1) is 6.92 Å². The average Bonchev–Trinajstić information content (AvgIpc) is 2.19. The highest BCUT2D eigenvalue weighted by molar-refractivity contribution is 5.42. The molecule has 1 rings (SSSR count). The number of halogens is 3. The zero-order chi connectivity index (χ0) is 12.1. The van der Waals surface area contributed by atoms with Crippen LogP contribution in [-0.4, -0.2) is 7.11 Å². The molecule has 15 heavy (non-hydrogen) atoms. The Morgan fingerprint density at radius 2 is 1.67 bits per heavy atom. The molecule has 0 bridgehead atoms. The lowest BCUT2D eigenvalue weighted by Gasteiger charge is -2.13. The maximum atomic E-state index is 12.3. The van der Waals surface area contributed by atoms with Crippen LogP contribution in [0.25, 0.3) is 0 Å². The molecular weight excluding hydrogens is 205 g/mol. The third-order valence-corrected chi connectivity index (χ3v) is 1.72. The fourth-order valence-electron chi connectivity index (χ4n) is 1.15. The van der Waals surface area contributed by atoms with Gasteiger partial charge in [0.05, 0.1) is 12.7 Å². The smallest absolute Gasteiger partial charge is 0.419 e. The van der Waals surface area contributed by atoms with Crippen LogP contribution in [0.5, 0.6) is 5.75 Å². The SMILES string of the molecule is CC.COc1c(C)cccc1C(F)(F)F. The van der Waals surface area contributed by atoms with E-state index in [9.17, 15) is 13.2 Å². The van der Waals surface area contributed by atoms with Crippen molar-refractivity contribution in [1.82, 2.24) is 0 Å². The zero-order valence-corrected chi connectivity index (χ0v) is 9.27. The van der Waals surface area contributed by atoms with Gasteiger partial charge in [0, 0.05) is 0 Å². The van der Waals surface area contributed by atoms with Gasteiger partial charge in [-0.05, 0) is 18.6 Å². The molecule has 0 radical (unpaired) electrons. The summed E-state index contributed by atoms with van der Waals surface area (Å²) in [7, 11) is 1.23. The van der Waals surface area contributed by atoms with Gasteiger partial charge in [0.2, 0.25) is 0 Å². The summed E-state index contributed by atoms with van der Waals surface area (Å²) < 4.78 is 41.7. The topological polar surface area (TPSA) is 9.23 Å². The molecule has 0 atom stereocenters. The summed E-state index contributed by atoms with van der Waals surface area (Å²) in [5.41, 5.74) is -0.243. The number of hydrogen-bond donors (Lipinski definition) is 0. The average molecular weight is 220 g/mol. The summed E-state index contributed by atoms with van der Waals surface area (Å²) in [5.74, 6) is -0.102. The van der Waals surface area contributed by atoms with Crippen LogP contribution in [0.4, 0.5) is 13.2 Å². The summed E-state index contributed by atoms with van der Waals surface area (Å²) in [6.45, 7) is 5.58. The highest BCUT2D eigenvalue weighted by Crippen LogP contribution is 2.37. The fourth-order valence-corrected chi connectivity index (χ4v) is 1.15. The summed E-state index contributed by atoms with van der Waals surface area (Å²) in [6, 6.07) is 3.95. The molecular formula is C11H15F3O. The molecule has 1 nitrogen and oxygen atoms in total. The summed E-state index contributed by atoms with van der Waals surface area (Å²) in [6.07, 6.45) is -4.35. The molecule has 0 spiro atoms. The molecule has 0 aliphatic carbocycles. The molecule has 4 heteroatoms. The van der Waals surface area contributed by atoms with Crippen molar-refractivity contribution >= 4 is 0 Å². The molecule has 0 unspecified atom stereocenters. The van der Waals surface area contributed by atoms with Gasteiger partial charge in [0.15, 0.2) is 0 Å². The van der Waals surface area contributed by atoms with E-state index in [0.29, 0.717) is 5.56 Å². The Kier molecular flexibility index (Phi) is 5.19. The van der Waals surface area contributed by atoms with Crippen LogP contribution in [0.3, 0.4) is 0 Å². The van der Waals surface area contributed by atoms with E-state index >= 15 is 0 Å². The lowest BCUT2D eigenvalue weighted by Crippen LogP contribution is -2.08. The molecule has 1 aromatic rings. The minimum Gasteiger partial charge on any atom is -0.496 e. The number of ether oxygens (including phenoxy) is 1. The monoisotopic (exact) mass is 220 g/mol. The second kappa shape index (κ2) is 5.63. The van der Waals surface area contributed by atoms with Gasteiger partial charge < -0.3 is 4.74 Å². The van der Waals surface area contributed by atoms with Gasteiger partial charge in [-0.3, -0.25) is 0 Å². The predicted molar refractivity (Wildman–Crippen MR) is 54.1 cm³/mol. The summed E-state index contributed by atoms with van der Waals surface area (Å²) in [4.78, 5) is 0. The summed E-state index contributed by atoms with van der Waals surface area (Å²) >= 11 is 0. The maximum absolute atomic E-state index is 12.3. The van der Waals surface area contributed by atoms with Crippen molar-refractivity contribution in [3.8, 4) is 5.75 Å². The van der Waals surface area contributed by atoms with Crippen molar-refractivity contribution in [3.05, 3.63) is 29.3 Å². The maximum Gasteiger partial charge on any atom is 0.419 e. The van der Waals surface area contributed by atoms with E-state index < -0.39 is 11.7 Å². The first-order valence-corrected chi connectivity index (χ1v) is 4.67. The van der Waals surface area contributed by atoms with Crippen molar-refractivity contribution in [1.29, 1.82) is 0 Å². The Balaban J connectivity index is 0.000000921. The zero-order valence-electron chi connectivity index (χ0n) is 9.27. The normalized spacial score (nSPS) is 10.3. The van der Waals surface area contributed by atoms with Crippen molar-refractivity contribution in [3.63, 3.8) is 0 Å². The Morgan fingerprint density at radius 3 is 2.00 bits per heavy atom. The van der Waals surface area contributed by atoms with Crippen LogP contribution in [-0.2, 0) is 6.18 Å². The van der Waals surface area contributed by atoms with Gasteiger partial charge in [-0.2, -0.15) is 13.2 Å². The van der Waals surface area contributed by atoms with Crippen molar-refractivity contribution in [2.45, 2.75) is 26.9 Å². The van der Waals surface area contributed by atoms with Gasteiger partial charge in [-0.1, -0.05) is 26.0 Å². The highest BCUT2D eigenvalue weighted by Gasteiger charge is 2.34. The largest absolute Gasteiger partial charge is 0.496 e. The van der Waals surface area contributed by atoms with E-state index in [0.717, 1.165) is 6.07 Å². The minimum atomic E-state index is -4.35. The second-order valence-electron chi connectivity index (χ2n) is 2.65. The first-order valence-electron chi connectivity index (χ1n) is 4.67.